The zero-order valence-electron chi connectivity index (χ0n) is 23.1. The Hall–Kier alpha value is -3.52. The van der Waals surface area contributed by atoms with Crippen molar-refractivity contribution in [2.45, 2.75) is 39.2 Å². The zero-order valence-corrected chi connectivity index (χ0v) is 26.3. The van der Waals surface area contributed by atoms with Crippen molar-refractivity contribution >= 4 is 114 Å². The Balaban J connectivity index is 1.55. The number of aromatic nitrogens is 1. The van der Waals surface area contributed by atoms with E-state index in [0.717, 1.165) is 98.5 Å². The average Bonchev–Trinajstić information content (AvgIpc) is 3.50. The third-order valence-corrected chi connectivity index (χ3v) is 9.83. The number of unbranched alkanes of at least 4 members (excludes halogenated alkanes) is 3. The molecule has 0 bridgehead atoms. The maximum absolute atomic E-state index is 12.8. The number of carboxylic acid groups (broad SMARTS) is 2. The van der Waals surface area contributed by atoms with E-state index in [-0.39, 0.29) is 8.64 Å². The number of carboxylic acids is 2. The molecule has 13 heteroatoms. The number of thiocarbonyl (C=S) groups is 2. The van der Waals surface area contributed by atoms with Crippen LogP contribution in [0.2, 0.25) is 0 Å². The van der Waals surface area contributed by atoms with E-state index in [4.69, 9.17) is 34.6 Å². The third kappa shape index (κ3) is 6.54. The molecule has 9 nitrogen and oxygen atoms in total. The number of thioether (sulfide) groups is 2. The number of carbonyl (C=O) groups excluding carboxylic acids is 2. The van der Waals surface area contributed by atoms with Gasteiger partial charge in [0.05, 0.1) is 9.81 Å². The van der Waals surface area contributed by atoms with Gasteiger partial charge in [-0.2, -0.15) is 0 Å². The Morgan fingerprint density at radius 1 is 0.767 bits per heavy atom. The van der Waals surface area contributed by atoms with Crippen LogP contribution in [0, 0.1) is 0 Å². The standard InChI is InChI=1S/C30H27N3O6S4/c1-2-3-4-5-10-31-21-8-6-17(13-23-27(38)32(15-25(34)35)29(40)42-23)11-19(21)20-12-18(7-9-22(20)31)14-24-28(39)33(16-26(36)37)30(41)43-24/h6-9,11-14H,2-5,10,15-16H2,1H3,(H,34,35)(H,36,37). The molecule has 3 aromatic rings. The summed E-state index contributed by atoms with van der Waals surface area (Å²) in [5.74, 6) is -3.13. The quantitative estimate of drug-likeness (QED) is 0.146. The third-order valence-electron chi connectivity index (χ3n) is 7.08. The molecule has 0 saturated carbocycles. The molecule has 0 aliphatic carbocycles. The summed E-state index contributed by atoms with van der Waals surface area (Å²) >= 11 is 12.6. The Morgan fingerprint density at radius 2 is 1.23 bits per heavy atom. The molecule has 2 amide bonds. The highest BCUT2D eigenvalue weighted by Crippen LogP contribution is 2.37. The van der Waals surface area contributed by atoms with Crippen LogP contribution in [0.3, 0.4) is 0 Å². The van der Waals surface area contributed by atoms with E-state index in [9.17, 15) is 19.2 Å². The molecule has 0 radical (unpaired) electrons. The minimum absolute atomic E-state index is 0.210. The van der Waals surface area contributed by atoms with Crippen molar-refractivity contribution in [1.29, 1.82) is 0 Å². The van der Waals surface area contributed by atoms with Crippen LogP contribution < -0.4 is 0 Å². The lowest BCUT2D eigenvalue weighted by Gasteiger charge is -2.10. The van der Waals surface area contributed by atoms with Gasteiger partial charge in [-0.3, -0.25) is 29.0 Å². The molecule has 2 saturated heterocycles. The normalized spacial score (nSPS) is 17.5. The minimum Gasteiger partial charge on any atom is -0.480 e. The van der Waals surface area contributed by atoms with Crippen molar-refractivity contribution < 1.29 is 29.4 Å². The Bertz CT molecular complexity index is 1650. The van der Waals surface area contributed by atoms with Crippen LogP contribution >= 0.6 is 48.0 Å². The van der Waals surface area contributed by atoms with Crippen molar-refractivity contribution in [2.24, 2.45) is 0 Å². The number of nitrogens with zero attached hydrogens (tertiary/aromatic N) is 3. The van der Waals surface area contributed by atoms with Crippen molar-refractivity contribution in [3.8, 4) is 0 Å². The number of carbonyl (C=O) groups is 4. The van der Waals surface area contributed by atoms with Crippen LogP contribution in [0.25, 0.3) is 34.0 Å². The second-order valence-electron chi connectivity index (χ2n) is 10.1. The number of hydrogen-bond acceptors (Lipinski definition) is 8. The molecule has 2 aromatic carbocycles. The molecular formula is C30H27N3O6S4. The Labute approximate surface area is 266 Å². The highest BCUT2D eigenvalue weighted by Gasteiger charge is 2.34. The van der Waals surface area contributed by atoms with Gasteiger partial charge in [-0.25, -0.2) is 0 Å². The minimum atomic E-state index is -1.13. The van der Waals surface area contributed by atoms with Crippen LogP contribution in [0.15, 0.2) is 46.2 Å². The van der Waals surface area contributed by atoms with Crippen LogP contribution in [-0.2, 0) is 25.7 Å². The van der Waals surface area contributed by atoms with Crippen LogP contribution in [0.4, 0.5) is 0 Å². The molecule has 43 heavy (non-hydrogen) atoms. The van der Waals surface area contributed by atoms with Gasteiger partial charge in [0.25, 0.3) is 11.8 Å². The molecule has 1 aromatic heterocycles. The Morgan fingerprint density at radius 3 is 1.65 bits per heavy atom. The van der Waals surface area contributed by atoms with Crippen molar-refractivity contribution in [1.82, 2.24) is 14.4 Å². The van der Waals surface area contributed by atoms with Gasteiger partial charge in [-0.05, 0) is 54.0 Å². The molecule has 2 N–H and O–H groups in total. The van der Waals surface area contributed by atoms with Crippen molar-refractivity contribution in [3.63, 3.8) is 0 Å². The smallest absolute Gasteiger partial charge is 0.323 e. The van der Waals surface area contributed by atoms with Crippen molar-refractivity contribution in [3.05, 3.63) is 57.3 Å². The first-order valence-electron chi connectivity index (χ1n) is 13.6. The second kappa shape index (κ2) is 13.0. The van der Waals surface area contributed by atoms with Gasteiger partial charge in [0, 0.05) is 28.4 Å². The summed E-state index contributed by atoms with van der Waals surface area (Å²) < 4.78 is 2.70. The van der Waals surface area contributed by atoms with Gasteiger partial charge >= 0.3 is 11.9 Å². The molecule has 0 unspecified atom stereocenters. The summed E-state index contributed by atoms with van der Waals surface area (Å²) in [6, 6.07) is 11.9. The summed E-state index contributed by atoms with van der Waals surface area (Å²) in [5.41, 5.74) is 3.61. The first-order valence-corrected chi connectivity index (χ1v) is 16.0. The summed E-state index contributed by atoms with van der Waals surface area (Å²) in [4.78, 5) is 51.0. The number of aryl methyl sites for hydroxylation is 1. The fraction of sp³-hybridized carbons (Fsp3) is 0.267. The monoisotopic (exact) mass is 653 g/mol. The molecule has 2 aliphatic heterocycles. The summed E-state index contributed by atoms with van der Waals surface area (Å²) in [6.45, 7) is 2.05. The largest absolute Gasteiger partial charge is 0.480 e. The molecule has 2 aliphatic rings. The van der Waals surface area contributed by atoms with E-state index in [2.05, 4.69) is 11.5 Å². The van der Waals surface area contributed by atoms with Gasteiger partial charge in [-0.15, -0.1) is 0 Å². The number of fused-ring (bicyclic) bond motifs is 3. The predicted octanol–water partition coefficient (Wildman–Crippen LogP) is 5.95. The van der Waals surface area contributed by atoms with Gasteiger partial charge in [0.1, 0.15) is 21.7 Å². The fourth-order valence-corrected chi connectivity index (χ4v) is 7.61. The molecule has 0 spiro atoms. The average molecular weight is 654 g/mol. The van der Waals surface area contributed by atoms with Crippen LogP contribution in [0.1, 0.15) is 43.7 Å². The second-order valence-corrected chi connectivity index (χ2v) is 13.4. The van der Waals surface area contributed by atoms with Gasteiger partial charge in [0.15, 0.2) is 0 Å². The lowest BCUT2D eigenvalue weighted by Crippen LogP contribution is -2.33. The zero-order chi connectivity index (χ0) is 30.8. The molecule has 2 fully saturated rings. The van der Waals surface area contributed by atoms with E-state index < -0.39 is 36.8 Å². The topological polar surface area (TPSA) is 120 Å². The van der Waals surface area contributed by atoms with Gasteiger partial charge in [0.2, 0.25) is 0 Å². The lowest BCUT2D eigenvalue weighted by molar-refractivity contribution is -0.140. The summed E-state index contributed by atoms with van der Waals surface area (Å²) in [6.07, 6.45) is 7.88. The maximum Gasteiger partial charge on any atom is 0.323 e. The number of aliphatic carboxylic acids is 2. The first-order chi connectivity index (χ1) is 20.6. The van der Waals surface area contributed by atoms with E-state index in [1.807, 2.05) is 36.4 Å². The maximum atomic E-state index is 12.8. The highest BCUT2D eigenvalue weighted by molar-refractivity contribution is 8.27. The van der Waals surface area contributed by atoms with Crippen molar-refractivity contribution in [2.75, 3.05) is 13.1 Å². The molecule has 0 atom stereocenters. The van der Waals surface area contributed by atoms with E-state index >= 15 is 0 Å². The van der Waals surface area contributed by atoms with E-state index in [1.54, 1.807) is 12.2 Å². The van der Waals surface area contributed by atoms with Crippen LogP contribution in [-0.4, -0.2) is 70.1 Å². The fourth-order valence-electron chi connectivity index (χ4n) is 5.10. The molecule has 3 heterocycles. The Kier molecular flexibility index (Phi) is 9.35. The summed E-state index contributed by atoms with van der Waals surface area (Å²) in [7, 11) is 0. The molecule has 5 rings (SSSR count). The SMILES string of the molecule is CCCCCCn1c2ccc(C=C3SC(=S)N(CC(=O)O)C3=O)cc2c2cc(C=C3SC(=S)N(CC(=O)O)C3=O)ccc21. The number of rotatable bonds is 11. The number of amides is 2. The van der Waals surface area contributed by atoms with E-state index in [0.29, 0.717) is 9.81 Å². The number of hydrogen-bond donors (Lipinski definition) is 2. The van der Waals surface area contributed by atoms with E-state index in [1.165, 1.54) is 0 Å². The lowest BCUT2D eigenvalue weighted by atomic mass is 10.1. The molecular weight excluding hydrogens is 627 g/mol. The predicted molar refractivity (Wildman–Crippen MR) is 179 cm³/mol. The van der Waals surface area contributed by atoms with Gasteiger partial charge < -0.3 is 14.8 Å². The highest BCUT2D eigenvalue weighted by atomic mass is 32.2. The van der Waals surface area contributed by atoms with Crippen LogP contribution in [0.5, 0.6) is 0 Å². The summed E-state index contributed by atoms with van der Waals surface area (Å²) in [5, 5.41) is 20.2. The first kappa shape index (κ1) is 30.9. The number of benzene rings is 2. The van der Waals surface area contributed by atoms with Gasteiger partial charge in [-0.1, -0.05) is 86.3 Å². The molecule has 222 valence electrons.